The van der Waals surface area contributed by atoms with Gasteiger partial charge in [0.2, 0.25) is 5.75 Å². The first-order valence-electron chi connectivity index (χ1n) is 13.1. The van der Waals surface area contributed by atoms with Gasteiger partial charge in [0.15, 0.2) is 11.6 Å². The first kappa shape index (κ1) is 29.2. The van der Waals surface area contributed by atoms with Gasteiger partial charge in [-0.3, -0.25) is 4.98 Å². The Balaban J connectivity index is 1.37. The second-order valence-electron chi connectivity index (χ2n) is 9.57. The Labute approximate surface area is 228 Å². The fourth-order valence-corrected chi connectivity index (χ4v) is 4.44. The van der Waals surface area contributed by atoms with Crippen molar-refractivity contribution < 1.29 is 35.8 Å². The Bertz CT molecular complexity index is 1410. The van der Waals surface area contributed by atoms with E-state index in [9.17, 15) is 22.0 Å². The summed E-state index contributed by atoms with van der Waals surface area (Å²) >= 11 is 0. The van der Waals surface area contributed by atoms with E-state index in [0.717, 1.165) is 48.4 Å². The lowest BCUT2D eigenvalue weighted by molar-refractivity contribution is -0.276. The van der Waals surface area contributed by atoms with E-state index in [4.69, 9.17) is 4.74 Å². The fourth-order valence-electron chi connectivity index (χ4n) is 4.44. The summed E-state index contributed by atoms with van der Waals surface area (Å²) < 4.78 is 89.4. The number of alkyl halides is 3. The molecule has 0 atom stereocenters. The molecule has 4 aromatic rings. The van der Waals surface area contributed by atoms with Crippen LogP contribution in [0.4, 0.5) is 26.3 Å². The number of benzene rings is 3. The largest absolute Gasteiger partial charge is 0.573 e. The molecular formula is C31H29F6NO2. The van der Waals surface area contributed by atoms with Crippen molar-refractivity contribution in [2.75, 3.05) is 6.61 Å². The summed E-state index contributed by atoms with van der Waals surface area (Å²) in [6.45, 7) is 2.82. The van der Waals surface area contributed by atoms with Gasteiger partial charge >= 0.3 is 6.36 Å². The first-order valence-corrected chi connectivity index (χ1v) is 13.1. The number of hydrogen-bond donors (Lipinski definition) is 0. The number of nitrogens with zero attached hydrogens (tertiary/aromatic N) is 1. The molecule has 0 aliphatic carbocycles. The third-order valence-corrected chi connectivity index (χ3v) is 6.54. The van der Waals surface area contributed by atoms with Gasteiger partial charge in [0.25, 0.3) is 0 Å². The molecule has 0 saturated carbocycles. The summed E-state index contributed by atoms with van der Waals surface area (Å²) in [4.78, 5) is 4.47. The lowest BCUT2D eigenvalue weighted by Gasteiger charge is -2.12. The molecule has 3 aromatic carbocycles. The van der Waals surface area contributed by atoms with Crippen LogP contribution in [0.2, 0.25) is 0 Å². The number of fused-ring (bicyclic) bond motifs is 1. The molecule has 0 amide bonds. The van der Waals surface area contributed by atoms with Gasteiger partial charge < -0.3 is 9.47 Å². The molecule has 40 heavy (non-hydrogen) atoms. The Morgan fingerprint density at radius 3 is 2.20 bits per heavy atom. The molecular weight excluding hydrogens is 532 g/mol. The SMILES string of the molecule is CCCCCOc1ccc(CCc2ccc3c(F)c(CCc4cc(F)c(OC(F)(F)F)c(F)c4)ccc3c2)nc1. The van der Waals surface area contributed by atoms with Crippen molar-refractivity contribution in [1.82, 2.24) is 4.98 Å². The molecule has 4 rings (SSSR count). The van der Waals surface area contributed by atoms with E-state index in [1.807, 2.05) is 24.3 Å². The second kappa shape index (κ2) is 13.1. The maximum Gasteiger partial charge on any atom is 0.573 e. The summed E-state index contributed by atoms with van der Waals surface area (Å²) in [5, 5.41) is 1.13. The summed E-state index contributed by atoms with van der Waals surface area (Å²) in [5.74, 6) is -4.15. The van der Waals surface area contributed by atoms with Gasteiger partial charge in [-0.2, -0.15) is 0 Å². The van der Waals surface area contributed by atoms with Crippen LogP contribution >= 0.6 is 0 Å². The molecule has 0 aliphatic rings. The minimum Gasteiger partial charge on any atom is -0.492 e. The van der Waals surface area contributed by atoms with Crippen molar-refractivity contribution >= 4 is 10.8 Å². The van der Waals surface area contributed by atoms with E-state index in [0.29, 0.717) is 35.8 Å². The van der Waals surface area contributed by atoms with Gasteiger partial charge in [0.1, 0.15) is 11.6 Å². The van der Waals surface area contributed by atoms with Crippen molar-refractivity contribution in [2.24, 2.45) is 0 Å². The van der Waals surface area contributed by atoms with Crippen LogP contribution < -0.4 is 9.47 Å². The van der Waals surface area contributed by atoms with Gasteiger partial charge in [-0.15, -0.1) is 13.2 Å². The molecule has 0 bridgehead atoms. The summed E-state index contributed by atoms with van der Waals surface area (Å²) in [6.07, 6.45) is 1.35. The average molecular weight is 562 g/mol. The van der Waals surface area contributed by atoms with E-state index in [2.05, 4.69) is 16.6 Å². The van der Waals surface area contributed by atoms with Gasteiger partial charge in [0, 0.05) is 11.1 Å². The number of unbranched alkanes of at least 4 members (excludes halogenated alkanes) is 2. The van der Waals surface area contributed by atoms with Gasteiger partial charge in [-0.1, -0.05) is 50.1 Å². The van der Waals surface area contributed by atoms with Crippen LogP contribution in [0.1, 0.15) is 48.6 Å². The zero-order valence-corrected chi connectivity index (χ0v) is 22.0. The van der Waals surface area contributed by atoms with Crippen LogP contribution in [0.3, 0.4) is 0 Å². The maximum absolute atomic E-state index is 15.2. The number of hydrogen-bond acceptors (Lipinski definition) is 3. The van der Waals surface area contributed by atoms with Crippen LogP contribution in [0.5, 0.6) is 11.5 Å². The zero-order valence-electron chi connectivity index (χ0n) is 22.0. The first-order chi connectivity index (χ1) is 19.1. The van der Waals surface area contributed by atoms with Crippen LogP contribution in [0.25, 0.3) is 10.8 Å². The van der Waals surface area contributed by atoms with E-state index >= 15 is 4.39 Å². The van der Waals surface area contributed by atoms with Crippen LogP contribution in [0.15, 0.2) is 60.8 Å². The molecule has 0 N–H and O–H groups in total. The highest BCUT2D eigenvalue weighted by Crippen LogP contribution is 2.30. The van der Waals surface area contributed by atoms with E-state index in [-0.39, 0.29) is 18.4 Å². The van der Waals surface area contributed by atoms with Crippen molar-refractivity contribution in [3.8, 4) is 11.5 Å². The van der Waals surface area contributed by atoms with Crippen molar-refractivity contribution in [2.45, 2.75) is 58.2 Å². The third-order valence-electron chi connectivity index (χ3n) is 6.54. The summed E-state index contributed by atoms with van der Waals surface area (Å²) in [7, 11) is 0. The van der Waals surface area contributed by atoms with Crippen molar-refractivity contribution in [1.29, 1.82) is 0 Å². The van der Waals surface area contributed by atoms with E-state index in [1.54, 1.807) is 24.4 Å². The van der Waals surface area contributed by atoms with Gasteiger partial charge in [-0.25, -0.2) is 13.2 Å². The molecule has 0 saturated heterocycles. The van der Waals surface area contributed by atoms with Gasteiger partial charge in [0.05, 0.1) is 12.8 Å². The fraction of sp³-hybridized carbons (Fsp3) is 0.323. The Morgan fingerprint density at radius 1 is 0.775 bits per heavy atom. The van der Waals surface area contributed by atoms with Crippen molar-refractivity contribution in [3.63, 3.8) is 0 Å². The topological polar surface area (TPSA) is 31.4 Å². The summed E-state index contributed by atoms with van der Waals surface area (Å²) in [5.41, 5.74) is 2.36. The third kappa shape index (κ3) is 7.90. The maximum atomic E-state index is 15.2. The quantitative estimate of drug-likeness (QED) is 0.128. The highest BCUT2D eigenvalue weighted by atomic mass is 19.4. The Hall–Kier alpha value is -3.75. The number of aromatic nitrogens is 1. The molecule has 1 heterocycles. The van der Waals surface area contributed by atoms with E-state index in [1.165, 1.54) is 0 Å². The smallest absolute Gasteiger partial charge is 0.492 e. The number of ether oxygens (including phenoxy) is 2. The minimum absolute atomic E-state index is 0.0240. The normalized spacial score (nSPS) is 11.7. The molecule has 9 heteroatoms. The lowest BCUT2D eigenvalue weighted by Crippen LogP contribution is -2.19. The molecule has 0 aliphatic heterocycles. The highest BCUT2D eigenvalue weighted by Gasteiger charge is 2.34. The van der Waals surface area contributed by atoms with Crippen molar-refractivity contribution in [3.05, 3.63) is 101 Å². The number of rotatable bonds is 12. The molecule has 0 radical (unpaired) electrons. The minimum atomic E-state index is -5.22. The number of pyridine rings is 1. The molecule has 1 aromatic heterocycles. The predicted octanol–water partition coefficient (Wildman–Crippen LogP) is 8.69. The van der Waals surface area contributed by atoms with Gasteiger partial charge in [-0.05, 0) is 78.4 Å². The molecule has 3 nitrogen and oxygen atoms in total. The number of halogens is 6. The van der Waals surface area contributed by atoms with Crippen LogP contribution in [0, 0.1) is 17.5 Å². The van der Waals surface area contributed by atoms with E-state index < -0.39 is 29.6 Å². The zero-order chi connectivity index (χ0) is 28.7. The molecule has 0 unspecified atom stereocenters. The highest BCUT2D eigenvalue weighted by molar-refractivity contribution is 5.84. The van der Waals surface area contributed by atoms with Crippen LogP contribution in [-0.4, -0.2) is 18.0 Å². The molecule has 0 spiro atoms. The average Bonchev–Trinajstić information content (AvgIpc) is 2.92. The monoisotopic (exact) mass is 561 g/mol. The predicted molar refractivity (Wildman–Crippen MR) is 141 cm³/mol. The lowest BCUT2D eigenvalue weighted by atomic mass is 9.97. The van der Waals surface area contributed by atoms with Crippen LogP contribution in [-0.2, 0) is 25.7 Å². The molecule has 212 valence electrons. The standard InChI is InChI=1S/C31H29F6NO2/c1-2-3-4-15-39-25-13-12-24(38-19-25)11-6-20-7-14-26-23(16-20)10-9-22(29(26)34)8-5-21-17-27(32)30(28(33)18-21)40-31(35,36)37/h7,9-10,12-14,16-19H,2-6,8,11,15H2,1H3. The molecule has 0 fully saturated rings. The second-order valence-corrected chi connectivity index (χ2v) is 9.57. The summed E-state index contributed by atoms with van der Waals surface area (Å²) in [6, 6.07) is 14.2. The Morgan fingerprint density at radius 2 is 1.52 bits per heavy atom. The number of aryl methyl sites for hydroxylation is 4. The Kier molecular flexibility index (Phi) is 9.55.